The van der Waals surface area contributed by atoms with Crippen LogP contribution in [0.1, 0.15) is 30.1 Å². The largest absolute Gasteiger partial charge is 0.370 e. The van der Waals surface area contributed by atoms with Crippen molar-refractivity contribution in [2.75, 3.05) is 0 Å². The van der Waals surface area contributed by atoms with Crippen molar-refractivity contribution in [1.29, 1.82) is 0 Å². The van der Waals surface area contributed by atoms with Crippen molar-refractivity contribution in [2.45, 2.75) is 26.3 Å². The molecule has 0 spiro atoms. The van der Waals surface area contributed by atoms with E-state index in [1.54, 1.807) is 6.07 Å². The van der Waals surface area contributed by atoms with Crippen LogP contribution < -0.4 is 11.5 Å². The second-order valence-corrected chi connectivity index (χ2v) is 5.60. The number of benzene rings is 2. The standard InChI is InChI=1S/C18H20N4O/c1-2-3-10-22-15-7-5-4-6-13(15)14-9-8-12(11-16(14)22)17(23)21-18(19)20/h4-9,11H,2-3,10H2,1H3,(H4,19,20,21,23). The van der Waals surface area contributed by atoms with Crippen molar-refractivity contribution in [3.8, 4) is 0 Å². The first-order valence-corrected chi connectivity index (χ1v) is 7.76. The number of hydrogen-bond acceptors (Lipinski definition) is 1. The third-order valence-corrected chi connectivity index (χ3v) is 3.99. The molecular weight excluding hydrogens is 288 g/mol. The molecule has 3 aromatic rings. The Morgan fingerprint density at radius 1 is 1.09 bits per heavy atom. The molecule has 0 fully saturated rings. The topological polar surface area (TPSA) is 86.4 Å². The van der Waals surface area contributed by atoms with Crippen molar-refractivity contribution in [2.24, 2.45) is 16.5 Å². The Hall–Kier alpha value is -2.82. The first kappa shape index (κ1) is 15.1. The minimum atomic E-state index is -0.417. The molecule has 0 saturated carbocycles. The Labute approximate surface area is 134 Å². The maximum absolute atomic E-state index is 12.1. The normalized spacial score (nSPS) is 11.0. The van der Waals surface area contributed by atoms with Crippen LogP contribution in [0.3, 0.4) is 0 Å². The summed E-state index contributed by atoms with van der Waals surface area (Å²) in [6, 6.07) is 13.9. The number of amides is 1. The maximum atomic E-state index is 12.1. The minimum Gasteiger partial charge on any atom is -0.370 e. The van der Waals surface area contributed by atoms with E-state index < -0.39 is 5.91 Å². The summed E-state index contributed by atoms with van der Waals surface area (Å²) < 4.78 is 2.26. The lowest BCUT2D eigenvalue weighted by molar-refractivity contribution is 0.100. The van der Waals surface area contributed by atoms with Crippen LogP contribution >= 0.6 is 0 Å². The van der Waals surface area contributed by atoms with Gasteiger partial charge in [0.1, 0.15) is 0 Å². The van der Waals surface area contributed by atoms with Crippen LogP contribution in [0.2, 0.25) is 0 Å². The van der Waals surface area contributed by atoms with E-state index in [9.17, 15) is 4.79 Å². The lowest BCUT2D eigenvalue weighted by Crippen LogP contribution is -2.24. The fraction of sp³-hybridized carbons (Fsp3) is 0.222. The lowest BCUT2D eigenvalue weighted by Gasteiger charge is -2.07. The lowest BCUT2D eigenvalue weighted by atomic mass is 10.1. The predicted molar refractivity (Wildman–Crippen MR) is 94.5 cm³/mol. The molecule has 0 unspecified atom stereocenters. The third-order valence-electron chi connectivity index (χ3n) is 3.99. The van der Waals surface area contributed by atoms with Crippen molar-refractivity contribution >= 4 is 33.7 Å². The number of aromatic nitrogens is 1. The third kappa shape index (κ3) is 2.77. The van der Waals surface area contributed by atoms with E-state index in [1.807, 2.05) is 24.3 Å². The number of para-hydroxylation sites is 1. The molecule has 1 heterocycles. The molecule has 23 heavy (non-hydrogen) atoms. The Balaban J connectivity index is 2.22. The van der Waals surface area contributed by atoms with Gasteiger partial charge in [-0.25, -0.2) is 0 Å². The van der Waals surface area contributed by atoms with Crippen molar-refractivity contribution in [1.82, 2.24) is 4.57 Å². The zero-order valence-electron chi connectivity index (χ0n) is 13.1. The van der Waals surface area contributed by atoms with Gasteiger partial charge in [0.05, 0.1) is 0 Å². The molecule has 118 valence electrons. The Morgan fingerprint density at radius 2 is 1.83 bits per heavy atom. The molecule has 2 aromatic carbocycles. The molecule has 0 bridgehead atoms. The van der Waals surface area contributed by atoms with Crippen LogP contribution in [0, 0.1) is 0 Å². The molecule has 4 N–H and O–H groups in total. The average Bonchev–Trinajstić information content (AvgIpc) is 2.85. The van der Waals surface area contributed by atoms with Crippen LogP contribution in [0.15, 0.2) is 47.5 Å². The number of hydrogen-bond donors (Lipinski definition) is 2. The molecule has 5 heteroatoms. The Kier molecular flexibility index (Phi) is 4.02. The number of unbranched alkanes of at least 4 members (excludes halogenated alkanes) is 1. The number of aryl methyl sites for hydroxylation is 1. The minimum absolute atomic E-state index is 0.221. The van der Waals surface area contributed by atoms with Gasteiger partial charge in [0, 0.05) is 33.9 Å². The van der Waals surface area contributed by atoms with E-state index >= 15 is 0 Å². The van der Waals surface area contributed by atoms with Crippen molar-refractivity contribution in [3.63, 3.8) is 0 Å². The van der Waals surface area contributed by atoms with Gasteiger partial charge >= 0.3 is 0 Å². The number of rotatable bonds is 4. The highest BCUT2D eigenvalue weighted by Gasteiger charge is 2.13. The molecule has 3 rings (SSSR count). The van der Waals surface area contributed by atoms with E-state index in [0.29, 0.717) is 5.56 Å². The number of carbonyl (C=O) groups is 1. The zero-order valence-corrected chi connectivity index (χ0v) is 13.1. The van der Waals surface area contributed by atoms with Gasteiger partial charge in [0.2, 0.25) is 0 Å². The summed E-state index contributed by atoms with van der Waals surface area (Å²) in [6.07, 6.45) is 2.19. The summed E-state index contributed by atoms with van der Waals surface area (Å²) in [5, 5.41) is 2.33. The summed E-state index contributed by atoms with van der Waals surface area (Å²) in [5.74, 6) is -0.638. The van der Waals surface area contributed by atoms with Crippen LogP contribution in [-0.2, 0) is 6.54 Å². The van der Waals surface area contributed by atoms with Crippen molar-refractivity contribution < 1.29 is 4.79 Å². The van der Waals surface area contributed by atoms with Gasteiger partial charge in [-0.15, -0.1) is 0 Å². The van der Waals surface area contributed by atoms with E-state index in [1.165, 1.54) is 10.9 Å². The summed E-state index contributed by atoms with van der Waals surface area (Å²) in [5.41, 5.74) is 13.3. The summed E-state index contributed by atoms with van der Waals surface area (Å²) in [4.78, 5) is 15.7. The molecule has 0 aliphatic rings. The molecule has 5 nitrogen and oxygen atoms in total. The second kappa shape index (κ2) is 6.12. The van der Waals surface area contributed by atoms with Gasteiger partial charge in [-0.2, -0.15) is 4.99 Å². The van der Waals surface area contributed by atoms with E-state index in [-0.39, 0.29) is 5.96 Å². The van der Waals surface area contributed by atoms with Gasteiger partial charge in [-0.05, 0) is 24.6 Å². The Bertz CT molecular complexity index is 904. The number of aliphatic imine (C=N–C) groups is 1. The second-order valence-electron chi connectivity index (χ2n) is 5.60. The number of fused-ring (bicyclic) bond motifs is 3. The number of nitrogens with zero attached hydrogens (tertiary/aromatic N) is 2. The summed E-state index contributed by atoms with van der Waals surface area (Å²) in [6.45, 7) is 3.09. The van der Waals surface area contributed by atoms with Gasteiger partial charge in [0.15, 0.2) is 5.96 Å². The van der Waals surface area contributed by atoms with E-state index in [4.69, 9.17) is 11.5 Å². The van der Waals surface area contributed by atoms with Crippen LogP contribution in [0.5, 0.6) is 0 Å². The van der Waals surface area contributed by atoms with E-state index in [2.05, 4.69) is 28.6 Å². The number of nitrogens with two attached hydrogens (primary N) is 2. The SMILES string of the molecule is CCCCn1c2ccccc2c2ccc(C(=O)N=C(N)N)cc21. The molecular formula is C18H20N4O. The number of guanidine groups is 1. The molecule has 1 aromatic heterocycles. The maximum Gasteiger partial charge on any atom is 0.280 e. The molecule has 0 radical (unpaired) electrons. The fourth-order valence-electron chi connectivity index (χ4n) is 2.92. The first-order chi connectivity index (χ1) is 11.1. The van der Waals surface area contributed by atoms with Gasteiger partial charge in [-0.3, -0.25) is 4.79 Å². The molecule has 0 saturated heterocycles. The highest BCUT2D eigenvalue weighted by atomic mass is 16.1. The monoisotopic (exact) mass is 308 g/mol. The van der Waals surface area contributed by atoms with Gasteiger partial charge in [-0.1, -0.05) is 37.6 Å². The summed E-state index contributed by atoms with van der Waals surface area (Å²) >= 11 is 0. The fourth-order valence-corrected chi connectivity index (χ4v) is 2.92. The highest BCUT2D eigenvalue weighted by molar-refractivity contribution is 6.11. The van der Waals surface area contributed by atoms with Crippen molar-refractivity contribution in [3.05, 3.63) is 48.0 Å². The highest BCUT2D eigenvalue weighted by Crippen LogP contribution is 2.30. The first-order valence-electron chi connectivity index (χ1n) is 7.76. The molecule has 0 atom stereocenters. The zero-order chi connectivity index (χ0) is 16.4. The smallest absolute Gasteiger partial charge is 0.280 e. The molecule has 0 aliphatic heterocycles. The van der Waals surface area contributed by atoms with Gasteiger partial charge < -0.3 is 16.0 Å². The predicted octanol–water partition coefficient (Wildman–Crippen LogP) is 3.01. The van der Waals surface area contributed by atoms with E-state index in [0.717, 1.165) is 30.3 Å². The van der Waals surface area contributed by atoms with Crippen LogP contribution in [-0.4, -0.2) is 16.4 Å². The van der Waals surface area contributed by atoms with Gasteiger partial charge in [0.25, 0.3) is 5.91 Å². The van der Waals surface area contributed by atoms with Crippen LogP contribution in [0.4, 0.5) is 0 Å². The molecule has 1 amide bonds. The van der Waals surface area contributed by atoms with Crippen LogP contribution in [0.25, 0.3) is 21.8 Å². The quantitative estimate of drug-likeness (QED) is 0.574. The average molecular weight is 308 g/mol. The molecule has 0 aliphatic carbocycles. The Morgan fingerprint density at radius 3 is 2.57 bits per heavy atom. The number of carbonyl (C=O) groups excluding carboxylic acids is 1. The summed E-state index contributed by atoms with van der Waals surface area (Å²) in [7, 11) is 0.